The number of hydrogen-bond acceptors (Lipinski definition) is 4. The topological polar surface area (TPSA) is 68.0 Å². The molecule has 1 rings (SSSR count). The Balaban J connectivity index is 2.27. The van der Waals surface area contributed by atoms with Crippen molar-refractivity contribution in [1.82, 2.24) is 10.1 Å². The number of nitrogens with zero attached hydrogens (tertiary/aromatic N) is 2. The second kappa shape index (κ2) is 5.74. The molecule has 0 spiro atoms. The fourth-order valence-corrected chi connectivity index (χ4v) is 1.31. The summed E-state index contributed by atoms with van der Waals surface area (Å²) in [7, 11) is 0. The molecule has 1 aromatic rings. The molecule has 0 fully saturated rings. The highest BCUT2D eigenvalue weighted by Gasteiger charge is 2.06. The van der Waals surface area contributed by atoms with Crippen LogP contribution < -0.4 is 5.32 Å². The predicted molar refractivity (Wildman–Crippen MR) is 55.3 cm³/mol. The Bertz CT molecular complexity index is 301. The summed E-state index contributed by atoms with van der Waals surface area (Å²) in [5.74, 6) is 0.426. The van der Waals surface area contributed by atoms with Crippen molar-refractivity contribution < 1.29 is 9.32 Å². The lowest BCUT2D eigenvalue weighted by Crippen LogP contribution is -2.11. The molecule has 14 heavy (non-hydrogen) atoms. The molecule has 0 atom stereocenters. The minimum Gasteiger partial charge on any atom is -0.315 e. The minimum atomic E-state index is -0.0883. The van der Waals surface area contributed by atoms with Crippen LogP contribution in [-0.4, -0.2) is 21.4 Å². The Kier molecular flexibility index (Phi) is 4.58. The molecular weight excluding hydrogens is 250 g/mol. The fourth-order valence-electron chi connectivity index (χ4n) is 0.910. The predicted octanol–water partition coefficient (Wildman–Crippen LogP) is 1.88. The Labute approximate surface area is 90.4 Å². The molecule has 0 aliphatic heterocycles. The number of halogens is 1. The molecule has 78 valence electrons. The summed E-state index contributed by atoms with van der Waals surface area (Å²) in [4.78, 5) is 15.1. The van der Waals surface area contributed by atoms with E-state index in [4.69, 9.17) is 4.52 Å². The van der Waals surface area contributed by atoms with Crippen LogP contribution in [0.25, 0.3) is 0 Å². The van der Waals surface area contributed by atoms with Gasteiger partial charge in [-0.05, 0) is 19.8 Å². The Morgan fingerprint density at radius 3 is 2.93 bits per heavy atom. The van der Waals surface area contributed by atoms with Crippen LogP contribution in [0.15, 0.2) is 4.52 Å². The van der Waals surface area contributed by atoms with Crippen molar-refractivity contribution in [2.75, 3.05) is 10.6 Å². The van der Waals surface area contributed by atoms with Gasteiger partial charge in [0.05, 0.1) is 0 Å². The van der Waals surface area contributed by atoms with Gasteiger partial charge in [0, 0.05) is 11.8 Å². The van der Waals surface area contributed by atoms with E-state index in [1.807, 2.05) is 0 Å². The van der Waals surface area contributed by atoms with Gasteiger partial charge in [-0.3, -0.25) is 10.1 Å². The number of hydrogen-bond donors (Lipinski definition) is 1. The number of amides is 1. The third-order valence-electron chi connectivity index (χ3n) is 1.56. The average Bonchev–Trinajstić information content (AvgIpc) is 2.52. The van der Waals surface area contributed by atoms with Crippen molar-refractivity contribution in [3.63, 3.8) is 0 Å². The fraction of sp³-hybridized carbons (Fsp3) is 0.625. The number of alkyl halides is 1. The van der Waals surface area contributed by atoms with Crippen molar-refractivity contribution in [3.8, 4) is 0 Å². The minimum absolute atomic E-state index is 0.0883. The molecule has 0 radical (unpaired) electrons. The van der Waals surface area contributed by atoms with Crippen LogP contribution in [-0.2, 0) is 4.79 Å². The molecule has 1 N–H and O–H groups in total. The third-order valence-corrected chi connectivity index (χ3v) is 2.12. The van der Waals surface area contributed by atoms with Gasteiger partial charge in [-0.1, -0.05) is 21.1 Å². The zero-order valence-corrected chi connectivity index (χ0v) is 9.50. The Morgan fingerprint density at radius 1 is 1.57 bits per heavy atom. The van der Waals surface area contributed by atoms with E-state index in [0.29, 0.717) is 12.2 Å². The van der Waals surface area contributed by atoms with Gasteiger partial charge in [-0.25, -0.2) is 0 Å². The highest BCUT2D eigenvalue weighted by molar-refractivity contribution is 9.09. The van der Waals surface area contributed by atoms with Crippen molar-refractivity contribution in [1.29, 1.82) is 0 Å². The van der Waals surface area contributed by atoms with Crippen LogP contribution in [0.1, 0.15) is 25.1 Å². The lowest BCUT2D eigenvalue weighted by molar-refractivity contribution is -0.116. The first kappa shape index (κ1) is 11.2. The van der Waals surface area contributed by atoms with Gasteiger partial charge in [0.1, 0.15) is 0 Å². The molecular formula is C8H12BrN3O2. The van der Waals surface area contributed by atoms with Crippen LogP contribution >= 0.6 is 15.9 Å². The largest absolute Gasteiger partial charge is 0.328 e. The quantitative estimate of drug-likeness (QED) is 0.649. The molecule has 0 aliphatic carbocycles. The van der Waals surface area contributed by atoms with E-state index in [1.165, 1.54) is 0 Å². The van der Waals surface area contributed by atoms with Crippen LogP contribution in [0.3, 0.4) is 0 Å². The molecule has 1 aromatic heterocycles. The molecule has 1 heterocycles. The molecule has 0 aliphatic rings. The summed E-state index contributed by atoms with van der Waals surface area (Å²) >= 11 is 3.30. The molecule has 0 bridgehead atoms. The Morgan fingerprint density at radius 2 is 2.36 bits per heavy atom. The summed E-state index contributed by atoms with van der Waals surface area (Å²) in [5.41, 5.74) is 0. The number of aryl methyl sites for hydroxylation is 1. The van der Waals surface area contributed by atoms with Crippen LogP contribution in [0.2, 0.25) is 0 Å². The van der Waals surface area contributed by atoms with Crippen LogP contribution in [0, 0.1) is 6.92 Å². The lowest BCUT2D eigenvalue weighted by Gasteiger charge is -1.98. The number of aromatic nitrogens is 2. The molecule has 1 amide bonds. The first-order valence-electron chi connectivity index (χ1n) is 4.38. The molecule has 0 aromatic carbocycles. The van der Waals surface area contributed by atoms with E-state index in [0.717, 1.165) is 18.2 Å². The summed E-state index contributed by atoms with van der Waals surface area (Å²) in [6, 6.07) is 0.173. The average molecular weight is 262 g/mol. The van der Waals surface area contributed by atoms with Crippen LogP contribution in [0.4, 0.5) is 6.01 Å². The number of nitrogens with one attached hydrogen (secondary N) is 1. The number of carbonyl (C=O) groups excluding carboxylic acids is 1. The van der Waals surface area contributed by atoms with E-state index < -0.39 is 0 Å². The number of carbonyl (C=O) groups is 1. The standard InChI is InChI=1S/C8H12BrN3O2/c1-6-10-8(14-12-6)11-7(13)4-2-3-5-9/h2-5H2,1H3,(H,10,11,12,13). The second-order valence-electron chi connectivity index (χ2n) is 2.84. The van der Waals surface area contributed by atoms with Crippen molar-refractivity contribution in [2.45, 2.75) is 26.2 Å². The van der Waals surface area contributed by atoms with Crippen LogP contribution in [0.5, 0.6) is 0 Å². The zero-order chi connectivity index (χ0) is 10.4. The maximum Gasteiger partial charge on any atom is 0.328 e. The van der Waals surface area contributed by atoms with Gasteiger partial charge < -0.3 is 4.52 Å². The van der Waals surface area contributed by atoms with Crippen molar-refractivity contribution in [3.05, 3.63) is 5.82 Å². The number of anilines is 1. The Hall–Kier alpha value is -0.910. The van der Waals surface area contributed by atoms with Gasteiger partial charge in [-0.2, -0.15) is 4.98 Å². The highest BCUT2D eigenvalue weighted by Crippen LogP contribution is 2.05. The van der Waals surface area contributed by atoms with E-state index in [9.17, 15) is 4.79 Å². The molecule has 5 nitrogen and oxygen atoms in total. The SMILES string of the molecule is Cc1noc(NC(=O)CCCCBr)n1. The van der Waals surface area contributed by atoms with Gasteiger partial charge in [0.2, 0.25) is 5.91 Å². The molecule has 0 unspecified atom stereocenters. The summed E-state index contributed by atoms with van der Waals surface area (Å²) < 4.78 is 4.74. The highest BCUT2D eigenvalue weighted by atomic mass is 79.9. The summed E-state index contributed by atoms with van der Waals surface area (Å²) in [6.07, 6.45) is 2.31. The van der Waals surface area contributed by atoms with E-state index in [1.54, 1.807) is 6.92 Å². The van der Waals surface area contributed by atoms with E-state index in [-0.39, 0.29) is 11.9 Å². The van der Waals surface area contributed by atoms with Gasteiger partial charge in [0.15, 0.2) is 5.82 Å². The number of rotatable bonds is 5. The molecule has 0 saturated carbocycles. The molecule has 0 saturated heterocycles. The first-order valence-corrected chi connectivity index (χ1v) is 5.50. The van der Waals surface area contributed by atoms with Gasteiger partial charge in [-0.15, -0.1) is 0 Å². The summed E-state index contributed by atoms with van der Waals surface area (Å²) in [6.45, 7) is 1.70. The first-order chi connectivity index (χ1) is 6.72. The lowest BCUT2D eigenvalue weighted by atomic mass is 10.2. The zero-order valence-electron chi connectivity index (χ0n) is 7.92. The summed E-state index contributed by atoms with van der Waals surface area (Å²) in [5, 5.41) is 7.00. The maximum absolute atomic E-state index is 11.2. The van der Waals surface area contributed by atoms with Crippen molar-refractivity contribution in [2.24, 2.45) is 0 Å². The normalized spacial score (nSPS) is 10.1. The van der Waals surface area contributed by atoms with Gasteiger partial charge in [0.25, 0.3) is 0 Å². The van der Waals surface area contributed by atoms with E-state index >= 15 is 0 Å². The third kappa shape index (κ3) is 3.87. The monoisotopic (exact) mass is 261 g/mol. The number of unbranched alkanes of at least 4 members (excludes halogenated alkanes) is 1. The second-order valence-corrected chi connectivity index (χ2v) is 3.63. The maximum atomic E-state index is 11.2. The molecule has 6 heteroatoms. The van der Waals surface area contributed by atoms with Gasteiger partial charge >= 0.3 is 6.01 Å². The van der Waals surface area contributed by atoms with Crippen molar-refractivity contribution >= 4 is 27.9 Å². The smallest absolute Gasteiger partial charge is 0.315 e. The van der Waals surface area contributed by atoms with E-state index in [2.05, 4.69) is 31.4 Å².